The van der Waals surface area contributed by atoms with E-state index in [1.165, 1.54) is 257 Å². The molecule has 0 saturated carbocycles. The lowest BCUT2D eigenvalue weighted by Gasteiger charge is -2.40. The molecular weight excluding hydrogens is 967 g/mol. The summed E-state index contributed by atoms with van der Waals surface area (Å²) in [5, 5.41) is 76.3. The summed E-state index contributed by atoms with van der Waals surface area (Å²) in [6.07, 6.45) is 55.8. The maximum Gasteiger partial charge on any atom is 0.249 e. The molecule has 9 unspecified atom stereocenters. The van der Waals surface area contributed by atoms with Crippen molar-refractivity contribution in [3.63, 3.8) is 0 Å². The van der Waals surface area contributed by atoms with E-state index >= 15 is 0 Å². The van der Waals surface area contributed by atoms with Gasteiger partial charge in [-0.3, -0.25) is 4.79 Å². The van der Waals surface area contributed by atoms with E-state index in [0.29, 0.717) is 12.8 Å². The van der Waals surface area contributed by atoms with Crippen molar-refractivity contribution >= 4 is 5.91 Å². The highest BCUT2D eigenvalue weighted by Crippen LogP contribution is 2.24. The Morgan fingerprint density at radius 2 is 0.766 bits per heavy atom. The molecule has 0 aromatic rings. The van der Waals surface area contributed by atoms with Gasteiger partial charge in [0.05, 0.1) is 25.4 Å². The molecule has 1 rings (SSSR count). The van der Waals surface area contributed by atoms with E-state index < -0.39 is 74.2 Å². The van der Waals surface area contributed by atoms with Gasteiger partial charge < -0.3 is 50.5 Å². The van der Waals surface area contributed by atoms with Crippen molar-refractivity contribution in [3.8, 4) is 0 Å². The second kappa shape index (κ2) is 55.4. The molecule has 458 valence electrons. The van der Waals surface area contributed by atoms with Crippen LogP contribution in [0.25, 0.3) is 0 Å². The molecule has 9 atom stereocenters. The standard InChI is InChI=1S/C66H129NO10/c1-3-5-7-9-11-13-15-17-19-21-23-24-25-26-27-28-29-30-31-32-33-34-36-38-40-42-44-46-48-50-52-54-59(70)65(75)67-57(56-76-66-64(74)63(73)62(72)60(55-68)77-66)61(71)58(69)53-51-49-47-45-43-41-39-37-35-22-20-18-16-14-12-10-8-6-4-2/h45,47,57-64,66,68-74H,3-44,46,48-56H2,1-2H3,(H,67,75)/b47-45+. The van der Waals surface area contributed by atoms with E-state index in [1.54, 1.807) is 0 Å². The molecular formula is C66H129NO10. The van der Waals surface area contributed by atoms with Gasteiger partial charge in [0, 0.05) is 0 Å². The van der Waals surface area contributed by atoms with Crippen molar-refractivity contribution in [1.82, 2.24) is 5.32 Å². The van der Waals surface area contributed by atoms with Gasteiger partial charge in [0.15, 0.2) is 6.29 Å². The van der Waals surface area contributed by atoms with Crippen molar-refractivity contribution in [3.05, 3.63) is 12.2 Å². The summed E-state index contributed by atoms with van der Waals surface area (Å²) in [6.45, 7) is 3.50. The molecule has 11 heteroatoms. The van der Waals surface area contributed by atoms with Crippen LogP contribution in [0.2, 0.25) is 0 Å². The number of carbonyl (C=O) groups excluding carboxylic acids is 1. The number of carbonyl (C=O) groups is 1. The van der Waals surface area contributed by atoms with Gasteiger partial charge in [-0.25, -0.2) is 0 Å². The first-order valence-corrected chi connectivity index (χ1v) is 33.6. The van der Waals surface area contributed by atoms with E-state index in [4.69, 9.17) is 9.47 Å². The number of rotatable bonds is 59. The summed E-state index contributed by atoms with van der Waals surface area (Å²) >= 11 is 0. The minimum Gasteiger partial charge on any atom is -0.394 e. The van der Waals surface area contributed by atoms with Gasteiger partial charge in [0.1, 0.15) is 36.6 Å². The molecule has 0 radical (unpaired) electrons. The van der Waals surface area contributed by atoms with Gasteiger partial charge >= 0.3 is 0 Å². The van der Waals surface area contributed by atoms with Gasteiger partial charge in [-0.05, 0) is 38.5 Å². The summed E-state index contributed by atoms with van der Waals surface area (Å²) in [6, 6.07) is -1.18. The SMILES string of the molecule is CCCCCCCCCCCCCCCC/C=C/CCCC(O)C(O)C(COC1OC(CO)C(O)C(O)C1O)NC(=O)C(O)CCCCCCCCCCCCCCCCCCCCCCCCCCCCCCCCC. The van der Waals surface area contributed by atoms with Crippen LogP contribution in [0.3, 0.4) is 0 Å². The monoisotopic (exact) mass is 1100 g/mol. The fourth-order valence-electron chi connectivity index (χ4n) is 11.2. The summed E-state index contributed by atoms with van der Waals surface area (Å²) < 4.78 is 11.2. The van der Waals surface area contributed by atoms with E-state index in [-0.39, 0.29) is 12.8 Å². The van der Waals surface area contributed by atoms with E-state index in [9.17, 15) is 40.5 Å². The largest absolute Gasteiger partial charge is 0.394 e. The average molecular weight is 1100 g/mol. The van der Waals surface area contributed by atoms with Gasteiger partial charge in [0.2, 0.25) is 5.91 Å². The number of allylic oxidation sites excluding steroid dienone is 2. The highest BCUT2D eigenvalue weighted by molar-refractivity contribution is 5.80. The first kappa shape index (κ1) is 73.9. The van der Waals surface area contributed by atoms with Gasteiger partial charge in [-0.1, -0.05) is 309 Å². The average Bonchev–Trinajstić information content (AvgIpc) is 3.43. The Labute approximate surface area is 474 Å². The van der Waals surface area contributed by atoms with Crippen LogP contribution >= 0.6 is 0 Å². The van der Waals surface area contributed by atoms with Gasteiger partial charge in [-0.15, -0.1) is 0 Å². The lowest BCUT2D eigenvalue weighted by molar-refractivity contribution is -0.303. The van der Waals surface area contributed by atoms with E-state index in [2.05, 4.69) is 31.3 Å². The lowest BCUT2D eigenvalue weighted by atomic mass is 9.98. The third-order valence-electron chi connectivity index (χ3n) is 16.6. The third kappa shape index (κ3) is 43.2. The Morgan fingerprint density at radius 3 is 1.12 bits per heavy atom. The summed E-state index contributed by atoms with van der Waals surface area (Å²) in [4.78, 5) is 13.2. The van der Waals surface area contributed by atoms with Gasteiger partial charge in [0.25, 0.3) is 0 Å². The number of amides is 1. The fourth-order valence-corrected chi connectivity index (χ4v) is 11.2. The number of aliphatic hydroxyl groups is 7. The Morgan fingerprint density at radius 1 is 0.442 bits per heavy atom. The van der Waals surface area contributed by atoms with Crippen LogP contribution in [0, 0.1) is 0 Å². The first-order chi connectivity index (χ1) is 37.7. The quantitative estimate of drug-likeness (QED) is 0.0215. The number of unbranched alkanes of at least 4 members (excludes halogenated alkanes) is 45. The zero-order valence-electron chi connectivity index (χ0n) is 50.5. The van der Waals surface area contributed by atoms with Crippen molar-refractivity contribution < 1.29 is 50.0 Å². The Kier molecular flexibility index (Phi) is 53.1. The number of aliphatic hydroxyl groups excluding tert-OH is 7. The zero-order chi connectivity index (χ0) is 56.1. The highest BCUT2D eigenvalue weighted by atomic mass is 16.7. The normalized spacial score (nSPS) is 19.5. The first-order valence-electron chi connectivity index (χ1n) is 33.6. The fraction of sp³-hybridized carbons (Fsp3) is 0.955. The number of hydrogen-bond acceptors (Lipinski definition) is 10. The second-order valence-corrected chi connectivity index (χ2v) is 23.9. The summed E-state index contributed by atoms with van der Waals surface area (Å²) in [5.41, 5.74) is 0. The van der Waals surface area contributed by atoms with Crippen LogP contribution < -0.4 is 5.32 Å². The van der Waals surface area contributed by atoms with Crippen molar-refractivity contribution in [2.24, 2.45) is 0 Å². The molecule has 1 amide bonds. The highest BCUT2D eigenvalue weighted by Gasteiger charge is 2.44. The van der Waals surface area contributed by atoms with Crippen LogP contribution in [-0.2, 0) is 14.3 Å². The van der Waals surface area contributed by atoms with E-state index in [1.807, 2.05) is 0 Å². The molecule has 1 heterocycles. The third-order valence-corrected chi connectivity index (χ3v) is 16.6. The van der Waals surface area contributed by atoms with Crippen molar-refractivity contribution in [1.29, 1.82) is 0 Å². The summed E-state index contributed by atoms with van der Waals surface area (Å²) in [7, 11) is 0. The lowest BCUT2D eigenvalue weighted by Crippen LogP contribution is -2.60. The number of ether oxygens (including phenoxy) is 2. The minimum atomic E-state index is -1.67. The predicted molar refractivity (Wildman–Crippen MR) is 321 cm³/mol. The molecule has 1 fully saturated rings. The van der Waals surface area contributed by atoms with Gasteiger partial charge in [-0.2, -0.15) is 0 Å². The Balaban J connectivity index is 2.19. The molecule has 0 spiro atoms. The molecule has 1 saturated heterocycles. The number of nitrogens with one attached hydrogen (secondary N) is 1. The molecule has 8 N–H and O–H groups in total. The molecule has 0 aromatic carbocycles. The van der Waals surface area contributed by atoms with Crippen LogP contribution in [0.4, 0.5) is 0 Å². The van der Waals surface area contributed by atoms with E-state index in [0.717, 1.165) is 38.5 Å². The Bertz CT molecular complexity index is 1260. The van der Waals surface area contributed by atoms with Crippen LogP contribution in [-0.4, -0.2) is 110 Å². The topological polar surface area (TPSA) is 189 Å². The maximum absolute atomic E-state index is 13.2. The molecule has 1 aliphatic heterocycles. The smallest absolute Gasteiger partial charge is 0.249 e. The second-order valence-electron chi connectivity index (χ2n) is 23.9. The molecule has 11 nitrogen and oxygen atoms in total. The van der Waals surface area contributed by atoms with Crippen LogP contribution in [0.5, 0.6) is 0 Å². The Hall–Kier alpha value is -1.15. The van der Waals surface area contributed by atoms with Crippen LogP contribution in [0.1, 0.15) is 335 Å². The molecule has 0 aliphatic carbocycles. The van der Waals surface area contributed by atoms with Crippen molar-refractivity contribution in [2.45, 2.75) is 390 Å². The van der Waals surface area contributed by atoms with Crippen LogP contribution in [0.15, 0.2) is 12.2 Å². The number of hydrogen-bond donors (Lipinski definition) is 8. The predicted octanol–water partition coefficient (Wildman–Crippen LogP) is 15.5. The molecule has 1 aliphatic rings. The maximum atomic E-state index is 13.2. The molecule has 77 heavy (non-hydrogen) atoms. The van der Waals surface area contributed by atoms with Crippen molar-refractivity contribution in [2.75, 3.05) is 13.2 Å². The minimum absolute atomic E-state index is 0.260. The molecule has 0 bridgehead atoms. The zero-order valence-corrected chi connectivity index (χ0v) is 50.5. The summed E-state index contributed by atoms with van der Waals surface area (Å²) in [5.74, 6) is -0.698. The molecule has 0 aromatic heterocycles.